The van der Waals surface area contributed by atoms with Crippen molar-refractivity contribution in [3.05, 3.63) is 52.6 Å². The van der Waals surface area contributed by atoms with Gasteiger partial charge in [0.05, 0.1) is 0 Å². The second-order valence-corrected chi connectivity index (χ2v) is 3.69. The van der Waals surface area contributed by atoms with Gasteiger partial charge in [0.25, 0.3) is 0 Å². The highest BCUT2D eigenvalue weighted by Crippen LogP contribution is 2.31. The van der Waals surface area contributed by atoms with E-state index in [9.17, 15) is 0 Å². The Morgan fingerprint density at radius 1 is 1.46 bits per heavy atom. The maximum Gasteiger partial charge on any atom is 0.0447 e. The summed E-state index contributed by atoms with van der Waals surface area (Å²) in [4.78, 5) is 0. The third kappa shape index (κ3) is 1.54. The molecule has 0 saturated heterocycles. The molecule has 1 aliphatic rings. The van der Waals surface area contributed by atoms with Crippen LogP contribution in [0.2, 0.25) is 5.02 Å². The van der Waals surface area contributed by atoms with Gasteiger partial charge in [-0.15, -0.1) is 6.58 Å². The second-order valence-electron chi connectivity index (χ2n) is 3.28. The summed E-state index contributed by atoms with van der Waals surface area (Å²) in [6.07, 6.45) is 6.10. The van der Waals surface area contributed by atoms with Gasteiger partial charge in [-0.3, -0.25) is 0 Å². The fourth-order valence-electron chi connectivity index (χ4n) is 1.71. The van der Waals surface area contributed by atoms with Crippen LogP contribution in [0.25, 0.3) is 6.08 Å². The lowest BCUT2D eigenvalue weighted by atomic mass is 10.1. The fraction of sp³-hybridized carbons (Fsp3) is 0.167. The average molecular weight is 191 g/mol. The number of fused-ring (bicyclic) bond motifs is 1. The van der Waals surface area contributed by atoms with Crippen LogP contribution in [0.4, 0.5) is 0 Å². The Balaban J connectivity index is 2.35. The minimum absolute atomic E-state index is 0.882. The lowest BCUT2D eigenvalue weighted by Gasteiger charge is -2.00. The van der Waals surface area contributed by atoms with Gasteiger partial charge >= 0.3 is 0 Å². The Kier molecular flexibility index (Phi) is 2.24. The number of halogens is 1. The number of hydrogen-bond acceptors (Lipinski definition) is 0. The van der Waals surface area contributed by atoms with Gasteiger partial charge in [0.2, 0.25) is 0 Å². The molecular formula is C12H11Cl. The summed E-state index contributed by atoms with van der Waals surface area (Å²) >= 11 is 6.08. The van der Waals surface area contributed by atoms with E-state index in [-0.39, 0.29) is 0 Å². The molecule has 0 N–H and O–H groups in total. The topological polar surface area (TPSA) is 0 Å². The molecule has 0 heterocycles. The summed E-state index contributed by atoms with van der Waals surface area (Å²) in [5.41, 5.74) is 3.93. The van der Waals surface area contributed by atoms with Crippen LogP contribution in [0.15, 0.2) is 36.4 Å². The molecule has 0 radical (unpaired) electrons. The Morgan fingerprint density at radius 2 is 2.31 bits per heavy atom. The number of hydrogen-bond donors (Lipinski definition) is 0. The Hall–Kier alpha value is -1.01. The minimum Gasteiger partial charge on any atom is -0.103 e. The first kappa shape index (κ1) is 8.58. The van der Waals surface area contributed by atoms with Crippen LogP contribution < -0.4 is 0 Å². The summed E-state index contributed by atoms with van der Waals surface area (Å²) in [6, 6.07) is 6.05. The van der Waals surface area contributed by atoms with Crippen LogP contribution in [0, 0.1) is 0 Å². The first-order valence-corrected chi connectivity index (χ1v) is 4.77. The SMILES string of the molecule is C=CCC1=Cc2cccc(Cl)c2C1. The molecule has 1 aromatic rings. The molecule has 0 saturated carbocycles. The first-order chi connectivity index (χ1) is 6.31. The van der Waals surface area contributed by atoms with Crippen molar-refractivity contribution in [2.75, 3.05) is 0 Å². The molecule has 0 fully saturated rings. The van der Waals surface area contributed by atoms with Gasteiger partial charge in [-0.25, -0.2) is 0 Å². The average Bonchev–Trinajstić information content (AvgIpc) is 2.49. The highest BCUT2D eigenvalue weighted by Gasteiger charge is 2.13. The Bertz CT molecular complexity index is 375. The van der Waals surface area contributed by atoms with E-state index in [1.165, 1.54) is 16.7 Å². The quantitative estimate of drug-likeness (QED) is 0.622. The molecule has 0 nitrogen and oxygen atoms in total. The van der Waals surface area contributed by atoms with Crippen molar-refractivity contribution in [2.45, 2.75) is 12.8 Å². The summed E-state index contributed by atoms with van der Waals surface area (Å²) in [6.45, 7) is 3.74. The summed E-state index contributed by atoms with van der Waals surface area (Å²) in [5.74, 6) is 0. The molecule has 0 unspecified atom stereocenters. The maximum atomic E-state index is 6.08. The molecule has 66 valence electrons. The van der Waals surface area contributed by atoms with E-state index < -0.39 is 0 Å². The molecular weight excluding hydrogens is 180 g/mol. The standard InChI is InChI=1S/C12H11Cl/c1-2-4-9-7-10-5-3-6-12(13)11(10)8-9/h2-3,5-7H,1,4,8H2. The van der Waals surface area contributed by atoms with Gasteiger partial charge in [0.15, 0.2) is 0 Å². The van der Waals surface area contributed by atoms with Crippen LogP contribution >= 0.6 is 11.6 Å². The third-order valence-electron chi connectivity index (χ3n) is 2.33. The molecule has 1 aromatic carbocycles. The van der Waals surface area contributed by atoms with Crippen molar-refractivity contribution in [3.63, 3.8) is 0 Å². The summed E-state index contributed by atoms with van der Waals surface area (Å²) < 4.78 is 0. The van der Waals surface area contributed by atoms with Crippen molar-refractivity contribution in [2.24, 2.45) is 0 Å². The zero-order valence-electron chi connectivity index (χ0n) is 7.39. The van der Waals surface area contributed by atoms with E-state index in [2.05, 4.69) is 18.7 Å². The summed E-state index contributed by atoms with van der Waals surface area (Å²) in [7, 11) is 0. The summed E-state index contributed by atoms with van der Waals surface area (Å²) in [5, 5.41) is 0.882. The highest BCUT2D eigenvalue weighted by atomic mass is 35.5. The third-order valence-corrected chi connectivity index (χ3v) is 2.68. The van der Waals surface area contributed by atoms with Crippen molar-refractivity contribution in [3.8, 4) is 0 Å². The zero-order chi connectivity index (χ0) is 9.26. The van der Waals surface area contributed by atoms with Crippen LogP contribution in [-0.4, -0.2) is 0 Å². The first-order valence-electron chi connectivity index (χ1n) is 4.39. The number of allylic oxidation sites excluding steroid dienone is 2. The van der Waals surface area contributed by atoms with Crippen LogP contribution in [0.1, 0.15) is 17.5 Å². The minimum atomic E-state index is 0.882. The van der Waals surface area contributed by atoms with Crippen LogP contribution in [0.5, 0.6) is 0 Å². The maximum absolute atomic E-state index is 6.08. The highest BCUT2D eigenvalue weighted by molar-refractivity contribution is 6.31. The normalized spacial score (nSPS) is 13.8. The predicted octanol–water partition coefficient (Wildman–Crippen LogP) is 3.86. The molecule has 13 heavy (non-hydrogen) atoms. The zero-order valence-corrected chi connectivity index (χ0v) is 8.14. The van der Waals surface area contributed by atoms with E-state index in [4.69, 9.17) is 11.6 Å². The Morgan fingerprint density at radius 3 is 3.00 bits per heavy atom. The molecule has 0 aliphatic heterocycles. The number of benzene rings is 1. The number of rotatable bonds is 2. The molecule has 0 bridgehead atoms. The monoisotopic (exact) mass is 190 g/mol. The van der Waals surface area contributed by atoms with Gasteiger partial charge in [0, 0.05) is 5.02 Å². The van der Waals surface area contributed by atoms with Gasteiger partial charge in [-0.2, -0.15) is 0 Å². The lowest BCUT2D eigenvalue weighted by Crippen LogP contribution is -1.84. The molecule has 1 heteroatoms. The molecule has 0 amide bonds. The van der Waals surface area contributed by atoms with Gasteiger partial charge in [-0.1, -0.05) is 41.5 Å². The molecule has 0 spiro atoms. The van der Waals surface area contributed by atoms with Crippen LogP contribution in [-0.2, 0) is 6.42 Å². The van der Waals surface area contributed by atoms with Crippen molar-refractivity contribution < 1.29 is 0 Å². The molecule has 1 aliphatic carbocycles. The smallest absolute Gasteiger partial charge is 0.0447 e. The van der Waals surface area contributed by atoms with Crippen LogP contribution in [0.3, 0.4) is 0 Å². The second kappa shape index (κ2) is 3.39. The molecule has 0 atom stereocenters. The van der Waals surface area contributed by atoms with Gasteiger partial charge in [0.1, 0.15) is 0 Å². The van der Waals surface area contributed by atoms with E-state index in [0.717, 1.165) is 17.9 Å². The van der Waals surface area contributed by atoms with Gasteiger partial charge in [-0.05, 0) is 30.0 Å². The largest absolute Gasteiger partial charge is 0.103 e. The van der Waals surface area contributed by atoms with E-state index in [0.29, 0.717) is 0 Å². The molecule has 2 rings (SSSR count). The van der Waals surface area contributed by atoms with Gasteiger partial charge < -0.3 is 0 Å². The predicted molar refractivity (Wildman–Crippen MR) is 57.9 cm³/mol. The molecule has 0 aromatic heterocycles. The van der Waals surface area contributed by atoms with E-state index >= 15 is 0 Å². The van der Waals surface area contributed by atoms with Crippen molar-refractivity contribution in [1.82, 2.24) is 0 Å². The van der Waals surface area contributed by atoms with E-state index in [1.807, 2.05) is 18.2 Å². The Labute approximate surface area is 83.5 Å². The van der Waals surface area contributed by atoms with Crippen molar-refractivity contribution >= 4 is 17.7 Å². The van der Waals surface area contributed by atoms with Crippen molar-refractivity contribution in [1.29, 1.82) is 0 Å². The van der Waals surface area contributed by atoms with E-state index in [1.54, 1.807) is 0 Å². The fourth-order valence-corrected chi connectivity index (χ4v) is 1.96. The lowest BCUT2D eigenvalue weighted by molar-refractivity contribution is 1.11.